The molecule has 2 saturated carbocycles. The van der Waals surface area contributed by atoms with Crippen molar-refractivity contribution in [2.75, 3.05) is 18.1 Å². The number of aliphatic imine (C=N–C) groups is 1. The highest BCUT2D eigenvalue weighted by Crippen LogP contribution is 2.24. The first kappa shape index (κ1) is 22.2. The van der Waals surface area contributed by atoms with Crippen molar-refractivity contribution in [1.82, 2.24) is 10.6 Å². The van der Waals surface area contributed by atoms with Gasteiger partial charge in [-0.25, -0.2) is 8.42 Å². The van der Waals surface area contributed by atoms with Crippen LogP contribution in [0.3, 0.4) is 0 Å². The fraction of sp³-hybridized carbons (Fsp3) is 0.947. The number of halogens is 1. The molecule has 3 fully saturated rings. The van der Waals surface area contributed by atoms with Crippen LogP contribution in [-0.4, -0.2) is 44.5 Å². The van der Waals surface area contributed by atoms with Crippen LogP contribution in [0.2, 0.25) is 0 Å². The third kappa shape index (κ3) is 6.84. The summed E-state index contributed by atoms with van der Waals surface area (Å²) in [7, 11) is -2.82. The minimum Gasteiger partial charge on any atom is -0.354 e. The predicted molar refractivity (Wildman–Crippen MR) is 119 cm³/mol. The van der Waals surface area contributed by atoms with Gasteiger partial charge >= 0.3 is 0 Å². The molecule has 1 aliphatic heterocycles. The minimum atomic E-state index is -2.82. The molecule has 0 bridgehead atoms. The van der Waals surface area contributed by atoms with Gasteiger partial charge in [0.25, 0.3) is 0 Å². The van der Waals surface area contributed by atoms with E-state index in [-0.39, 0.29) is 29.9 Å². The summed E-state index contributed by atoms with van der Waals surface area (Å²) in [6, 6.07) is 1.02. The van der Waals surface area contributed by atoms with E-state index in [4.69, 9.17) is 4.99 Å². The van der Waals surface area contributed by atoms with Gasteiger partial charge in [0, 0.05) is 18.6 Å². The third-order valence-corrected chi connectivity index (χ3v) is 8.05. The molecule has 5 nitrogen and oxygen atoms in total. The van der Waals surface area contributed by atoms with Crippen molar-refractivity contribution in [2.45, 2.75) is 83.2 Å². The van der Waals surface area contributed by atoms with Gasteiger partial charge in [-0.3, -0.25) is 4.99 Å². The molecule has 3 aliphatic rings. The number of sulfone groups is 1. The molecule has 3 atom stereocenters. The van der Waals surface area contributed by atoms with E-state index >= 15 is 0 Å². The average molecular weight is 497 g/mol. The Morgan fingerprint density at radius 1 is 0.962 bits per heavy atom. The zero-order chi connectivity index (χ0) is 17.7. The number of hydrogen-bond acceptors (Lipinski definition) is 3. The van der Waals surface area contributed by atoms with Crippen LogP contribution in [0, 0.1) is 11.8 Å². The van der Waals surface area contributed by atoms with Gasteiger partial charge in [-0.15, -0.1) is 24.0 Å². The highest BCUT2D eigenvalue weighted by molar-refractivity contribution is 14.0. The van der Waals surface area contributed by atoms with Gasteiger partial charge in [-0.1, -0.05) is 39.0 Å². The molecule has 0 aromatic heterocycles. The Morgan fingerprint density at radius 3 is 2.31 bits per heavy atom. The number of nitrogens with one attached hydrogen (secondary N) is 2. The highest BCUT2D eigenvalue weighted by Gasteiger charge is 2.28. The fourth-order valence-corrected chi connectivity index (χ4v) is 6.37. The lowest BCUT2D eigenvalue weighted by Crippen LogP contribution is -2.50. The molecule has 7 heteroatoms. The molecule has 1 heterocycles. The minimum absolute atomic E-state index is 0. The molecule has 0 amide bonds. The fourth-order valence-electron chi connectivity index (χ4n) is 4.52. The molecule has 0 radical (unpaired) electrons. The van der Waals surface area contributed by atoms with E-state index in [2.05, 4.69) is 17.6 Å². The van der Waals surface area contributed by atoms with E-state index in [9.17, 15) is 8.42 Å². The van der Waals surface area contributed by atoms with Gasteiger partial charge in [0.15, 0.2) is 15.8 Å². The van der Waals surface area contributed by atoms with E-state index in [1.807, 2.05) is 0 Å². The van der Waals surface area contributed by atoms with E-state index in [1.54, 1.807) is 0 Å². The zero-order valence-corrected chi connectivity index (χ0v) is 19.2. The Kier molecular flexibility index (Phi) is 8.97. The number of nitrogens with zero attached hydrogens (tertiary/aromatic N) is 1. The third-order valence-electron chi connectivity index (χ3n) is 6.21. The van der Waals surface area contributed by atoms with Gasteiger partial charge < -0.3 is 10.6 Å². The lowest BCUT2D eigenvalue weighted by atomic mass is 9.86. The molecule has 0 aromatic carbocycles. The van der Waals surface area contributed by atoms with Crippen LogP contribution in [0.1, 0.15) is 71.1 Å². The maximum absolute atomic E-state index is 11.7. The summed E-state index contributed by atoms with van der Waals surface area (Å²) >= 11 is 0. The topological polar surface area (TPSA) is 70.6 Å². The van der Waals surface area contributed by atoms with E-state index in [0.29, 0.717) is 36.1 Å². The Bertz CT molecular complexity index is 561. The molecule has 0 aromatic rings. The van der Waals surface area contributed by atoms with Crippen LogP contribution in [0.5, 0.6) is 0 Å². The number of hydrogen-bond donors (Lipinski definition) is 2. The highest BCUT2D eigenvalue weighted by atomic mass is 127. The van der Waals surface area contributed by atoms with E-state index < -0.39 is 9.84 Å². The maximum atomic E-state index is 11.7. The monoisotopic (exact) mass is 497 g/mol. The molecular formula is C19H36IN3O2S. The second-order valence-corrected chi connectivity index (χ2v) is 10.7. The summed E-state index contributed by atoms with van der Waals surface area (Å²) < 4.78 is 23.4. The Labute approximate surface area is 176 Å². The summed E-state index contributed by atoms with van der Waals surface area (Å²) in [6.45, 7) is 2.96. The molecule has 3 rings (SSSR count). The molecule has 3 unspecified atom stereocenters. The van der Waals surface area contributed by atoms with E-state index in [1.165, 1.54) is 57.8 Å². The molecule has 26 heavy (non-hydrogen) atoms. The normalized spacial score (nSPS) is 32.7. The van der Waals surface area contributed by atoms with Crippen molar-refractivity contribution < 1.29 is 8.42 Å². The summed E-state index contributed by atoms with van der Waals surface area (Å²) in [5.74, 6) is 2.45. The SMILES string of the molecule is CC1CCCCC1NC(=NCC1CCS(=O)(=O)C1)NC1CCCCC1.I. The van der Waals surface area contributed by atoms with Gasteiger partial charge in [0.2, 0.25) is 0 Å². The van der Waals surface area contributed by atoms with Gasteiger partial charge in [-0.2, -0.15) is 0 Å². The largest absolute Gasteiger partial charge is 0.354 e. The van der Waals surface area contributed by atoms with Gasteiger partial charge in [0.1, 0.15) is 0 Å². The predicted octanol–water partition coefficient (Wildman–Crippen LogP) is 3.49. The number of guanidine groups is 1. The standard InChI is InChI=1S/C19H35N3O2S.HI/c1-15-7-5-6-10-18(15)22-19(21-17-8-3-2-4-9-17)20-13-16-11-12-25(23,24)14-16;/h15-18H,2-14H2,1H3,(H2,20,21,22);1H. The Balaban J connectivity index is 0.00000243. The van der Waals surface area contributed by atoms with Crippen molar-refractivity contribution >= 4 is 39.8 Å². The van der Waals surface area contributed by atoms with Crippen molar-refractivity contribution in [3.05, 3.63) is 0 Å². The summed E-state index contributed by atoms with van der Waals surface area (Å²) in [5.41, 5.74) is 0. The van der Waals surface area contributed by atoms with Crippen LogP contribution >= 0.6 is 24.0 Å². The maximum Gasteiger partial charge on any atom is 0.191 e. The molecular weight excluding hydrogens is 461 g/mol. The summed E-state index contributed by atoms with van der Waals surface area (Å²) in [6.07, 6.45) is 12.3. The van der Waals surface area contributed by atoms with Gasteiger partial charge in [-0.05, 0) is 43.9 Å². The van der Waals surface area contributed by atoms with Crippen LogP contribution in [0.25, 0.3) is 0 Å². The van der Waals surface area contributed by atoms with Crippen LogP contribution in [-0.2, 0) is 9.84 Å². The zero-order valence-electron chi connectivity index (χ0n) is 16.1. The first-order valence-electron chi connectivity index (χ1n) is 10.3. The van der Waals surface area contributed by atoms with Crippen molar-refractivity contribution in [3.8, 4) is 0 Å². The molecule has 152 valence electrons. The second-order valence-electron chi connectivity index (χ2n) is 8.45. The van der Waals surface area contributed by atoms with Crippen molar-refractivity contribution in [3.63, 3.8) is 0 Å². The molecule has 2 N–H and O–H groups in total. The first-order valence-corrected chi connectivity index (χ1v) is 12.1. The second kappa shape index (κ2) is 10.5. The average Bonchev–Trinajstić information content (AvgIpc) is 2.95. The smallest absolute Gasteiger partial charge is 0.191 e. The van der Waals surface area contributed by atoms with Crippen LogP contribution < -0.4 is 10.6 Å². The lowest BCUT2D eigenvalue weighted by Gasteiger charge is -2.33. The van der Waals surface area contributed by atoms with Crippen molar-refractivity contribution in [1.29, 1.82) is 0 Å². The first-order chi connectivity index (χ1) is 12.0. The van der Waals surface area contributed by atoms with E-state index in [0.717, 1.165) is 12.4 Å². The molecule has 2 aliphatic carbocycles. The molecule has 0 spiro atoms. The summed E-state index contributed by atoms with van der Waals surface area (Å²) in [4.78, 5) is 4.82. The Morgan fingerprint density at radius 2 is 1.65 bits per heavy atom. The lowest BCUT2D eigenvalue weighted by molar-refractivity contribution is 0.304. The molecule has 1 saturated heterocycles. The van der Waals surface area contributed by atoms with Crippen LogP contribution in [0.4, 0.5) is 0 Å². The summed E-state index contributed by atoms with van der Waals surface area (Å²) in [5, 5.41) is 7.35. The number of rotatable bonds is 4. The van der Waals surface area contributed by atoms with Crippen molar-refractivity contribution in [2.24, 2.45) is 16.8 Å². The Hall–Kier alpha value is -0.0500. The van der Waals surface area contributed by atoms with Gasteiger partial charge in [0.05, 0.1) is 11.5 Å². The van der Waals surface area contributed by atoms with Crippen LogP contribution in [0.15, 0.2) is 4.99 Å². The quantitative estimate of drug-likeness (QED) is 0.355.